The summed E-state index contributed by atoms with van der Waals surface area (Å²) < 4.78 is 16.7. The number of carbonyl (C=O) groups is 3. The second kappa shape index (κ2) is 47.1. The van der Waals surface area contributed by atoms with E-state index in [-0.39, 0.29) is 37.5 Å². The van der Waals surface area contributed by atoms with Gasteiger partial charge in [0.1, 0.15) is 13.2 Å². The molecule has 0 aliphatic heterocycles. The second-order valence-corrected chi connectivity index (χ2v) is 16.3. The molecule has 0 radical (unpaired) electrons. The van der Waals surface area contributed by atoms with E-state index in [0.29, 0.717) is 19.3 Å². The van der Waals surface area contributed by atoms with Gasteiger partial charge in [-0.25, -0.2) is 0 Å². The molecule has 0 aliphatic rings. The van der Waals surface area contributed by atoms with Crippen LogP contribution in [0.25, 0.3) is 0 Å². The molecule has 0 spiro atoms. The lowest BCUT2D eigenvalue weighted by Crippen LogP contribution is -2.30. The van der Waals surface area contributed by atoms with Crippen LogP contribution in [0.5, 0.6) is 0 Å². The first kappa shape index (κ1) is 55.4. The van der Waals surface area contributed by atoms with Crippen LogP contribution < -0.4 is 0 Å². The van der Waals surface area contributed by atoms with Crippen LogP contribution in [0.2, 0.25) is 0 Å². The average Bonchev–Trinajstić information content (AvgIpc) is 3.22. The van der Waals surface area contributed by atoms with E-state index in [1.165, 1.54) is 128 Å². The standard InChI is InChI=1S/C52H92O6/c1-4-7-10-13-16-19-22-23-24-25-26-27-28-31-33-36-39-42-45-51(54)57-48-49(58-52(55)46-43-40-37-34-30-21-18-15-12-9-6-3)47-56-50(53)44-41-38-35-32-29-20-17-14-11-8-5-2/h9,12,14,17-18,21,34,37,49H,4-8,10-11,13,15-16,19-20,22-33,35-36,38-48H2,1-3H3/b12-9-,17-14-,21-18-,37-34-. The summed E-state index contributed by atoms with van der Waals surface area (Å²) in [5.74, 6) is -0.955. The quantitative estimate of drug-likeness (QED) is 0.0264. The maximum absolute atomic E-state index is 12.7. The summed E-state index contributed by atoms with van der Waals surface area (Å²) >= 11 is 0. The number of ether oxygens (including phenoxy) is 3. The molecular weight excluding hydrogens is 721 g/mol. The van der Waals surface area contributed by atoms with Crippen LogP contribution in [0.4, 0.5) is 0 Å². The molecule has 0 N–H and O–H groups in total. The minimum absolute atomic E-state index is 0.0938. The highest BCUT2D eigenvalue weighted by Gasteiger charge is 2.19. The molecule has 6 heteroatoms. The van der Waals surface area contributed by atoms with Crippen molar-refractivity contribution in [3.05, 3.63) is 48.6 Å². The first-order valence-corrected chi connectivity index (χ1v) is 24.6. The van der Waals surface area contributed by atoms with Gasteiger partial charge in [-0.3, -0.25) is 14.4 Å². The topological polar surface area (TPSA) is 78.9 Å². The van der Waals surface area contributed by atoms with Crippen molar-refractivity contribution in [3.8, 4) is 0 Å². The number of rotatable bonds is 44. The summed E-state index contributed by atoms with van der Waals surface area (Å²) in [6.07, 6.45) is 55.4. The fourth-order valence-electron chi connectivity index (χ4n) is 6.86. The minimum Gasteiger partial charge on any atom is -0.462 e. The van der Waals surface area contributed by atoms with Crippen LogP contribution in [-0.2, 0) is 28.6 Å². The van der Waals surface area contributed by atoms with Crippen molar-refractivity contribution >= 4 is 17.9 Å². The Morgan fingerprint density at radius 1 is 0.362 bits per heavy atom. The normalized spacial score (nSPS) is 12.4. The molecule has 1 unspecified atom stereocenters. The van der Waals surface area contributed by atoms with Gasteiger partial charge >= 0.3 is 17.9 Å². The number of unbranched alkanes of at least 4 members (excludes halogenated alkanes) is 25. The van der Waals surface area contributed by atoms with E-state index in [4.69, 9.17) is 14.2 Å². The smallest absolute Gasteiger partial charge is 0.306 e. The Kier molecular flexibility index (Phi) is 44.9. The van der Waals surface area contributed by atoms with Crippen molar-refractivity contribution in [2.24, 2.45) is 0 Å². The predicted molar refractivity (Wildman–Crippen MR) is 247 cm³/mol. The minimum atomic E-state index is -0.798. The van der Waals surface area contributed by atoms with Crippen LogP contribution in [0, 0.1) is 0 Å². The molecule has 0 aliphatic carbocycles. The summed E-state index contributed by atoms with van der Waals surface area (Å²) in [5.41, 5.74) is 0. The maximum Gasteiger partial charge on any atom is 0.306 e. The number of hydrogen-bond acceptors (Lipinski definition) is 6. The Morgan fingerprint density at radius 2 is 0.707 bits per heavy atom. The lowest BCUT2D eigenvalue weighted by Gasteiger charge is -2.18. The van der Waals surface area contributed by atoms with Crippen molar-refractivity contribution in [3.63, 3.8) is 0 Å². The number of carbonyl (C=O) groups excluding carboxylic acids is 3. The van der Waals surface area contributed by atoms with E-state index >= 15 is 0 Å². The van der Waals surface area contributed by atoms with Gasteiger partial charge in [-0.05, 0) is 64.2 Å². The maximum atomic E-state index is 12.7. The van der Waals surface area contributed by atoms with Crippen molar-refractivity contribution in [2.45, 2.75) is 252 Å². The fourth-order valence-corrected chi connectivity index (χ4v) is 6.86. The zero-order valence-electron chi connectivity index (χ0n) is 38.3. The lowest BCUT2D eigenvalue weighted by atomic mass is 10.0. The highest BCUT2D eigenvalue weighted by molar-refractivity contribution is 5.71. The van der Waals surface area contributed by atoms with Gasteiger partial charge in [0.05, 0.1) is 0 Å². The third-order valence-corrected chi connectivity index (χ3v) is 10.6. The Labute approximate surface area is 358 Å². The molecule has 0 rings (SSSR count). The molecule has 0 saturated carbocycles. The van der Waals surface area contributed by atoms with E-state index in [2.05, 4.69) is 69.4 Å². The second-order valence-electron chi connectivity index (χ2n) is 16.3. The van der Waals surface area contributed by atoms with Crippen LogP contribution in [-0.4, -0.2) is 37.2 Å². The van der Waals surface area contributed by atoms with E-state index < -0.39 is 6.10 Å². The molecule has 0 bridgehead atoms. The molecule has 0 heterocycles. The summed E-state index contributed by atoms with van der Waals surface area (Å²) in [6, 6.07) is 0. The Morgan fingerprint density at radius 3 is 1.17 bits per heavy atom. The Bertz CT molecular complexity index is 1030. The van der Waals surface area contributed by atoms with E-state index in [9.17, 15) is 14.4 Å². The first-order valence-electron chi connectivity index (χ1n) is 24.6. The van der Waals surface area contributed by atoms with Gasteiger partial charge in [0.2, 0.25) is 0 Å². The van der Waals surface area contributed by atoms with Crippen molar-refractivity contribution in [1.82, 2.24) is 0 Å². The molecule has 0 aromatic carbocycles. The lowest BCUT2D eigenvalue weighted by molar-refractivity contribution is -0.167. The Hall–Kier alpha value is -2.63. The van der Waals surface area contributed by atoms with Gasteiger partial charge in [0, 0.05) is 19.3 Å². The SMILES string of the molecule is CC/C=C\C/C=C\C/C=C\CCCC(=O)OC(COC(=O)CCCCCCC/C=C\CCCC)COC(=O)CCCCCCCCCCCCCCCCCCCC. The number of allylic oxidation sites excluding steroid dienone is 8. The highest BCUT2D eigenvalue weighted by atomic mass is 16.6. The third-order valence-electron chi connectivity index (χ3n) is 10.6. The molecule has 0 aromatic rings. The zero-order chi connectivity index (χ0) is 42.3. The summed E-state index contributed by atoms with van der Waals surface area (Å²) in [4.78, 5) is 37.8. The highest BCUT2D eigenvalue weighted by Crippen LogP contribution is 2.15. The predicted octanol–water partition coefficient (Wildman–Crippen LogP) is 15.9. The van der Waals surface area contributed by atoms with E-state index in [1.807, 2.05) is 0 Å². The number of esters is 3. The van der Waals surface area contributed by atoms with E-state index in [1.54, 1.807) is 0 Å². The van der Waals surface area contributed by atoms with Gasteiger partial charge in [-0.1, -0.05) is 211 Å². The Balaban J connectivity index is 4.33. The van der Waals surface area contributed by atoms with Crippen molar-refractivity contribution in [1.29, 1.82) is 0 Å². The number of hydrogen-bond donors (Lipinski definition) is 0. The summed E-state index contributed by atoms with van der Waals surface area (Å²) in [5, 5.41) is 0. The summed E-state index contributed by atoms with van der Waals surface area (Å²) in [6.45, 7) is 6.44. The molecule has 0 fully saturated rings. The van der Waals surface area contributed by atoms with Crippen molar-refractivity contribution in [2.75, 3.05) is 13.2 Å². The monoisotopic (exact) mass is 813 g/mol. The molecule has 0 saturated heterocycles. The van der Waals surface area contributed by atoms with Crippen LogP contribution in [0.15, 0.2) is 48.6 Å². The van der Waals surface area contributed by atoms with Gasteiger partial charge in [-0.2, -0.15) is 0 Å². The van der Waals surface area contributed by atoms with Crippen LogP contribution >= 0.6 is 0 Å². The molecular formula is C52H92O6. The van der Waals surface area contributed by atoms with Gasteiger partial charge in [0.15, 0.2) is 6.10 Å². The molecule has 0 amide bonds. The molecule has 58 heavy (non-hydrogen) atoms. The van der Waals surface area contributed by atoms with E-state index in [0.717, 1.165) is 70.6 Å². The molecule has 0 aromatic heterocycles. The van der Waals surface area contributed by atoms with Gasteiger partial charge < -0.3 is 14.2 Å². The molecule has 6 nitrogen and oxygen atoms in total. The average molecular weight is 813 g/mol. The fraction of sp³-hybridized carbons (Fsp3) is 0.788. The van der Waals surface area contributed by atoms with Crippen LogP contribution in [0.3, 0.4) is 0 Å². The van der Waals surface area contributed by atoms with Crippen LogP contribution in [0.1, 0.15) is 245 Å². The zero-order valence-corrected chi connectivity index (χ0v) is 38.3. The van der Waals surface area contributed by atoms with Gasteiger partial charge in [-0.15, -0.1) is 0 Å². The molecule has 336 valence electrons. The first-order chi connectivity index (χ1) is 28.5. The van der Waals surface area contributed by atoms with Gasteiger partial charge in [0.25, 0.3) is 0 Å². The summed E-state index contributed by atoms with van der Waals surface area (Å²) in [7, 11) is 0. The molecule has 1 atom stereocenters. The third kappa shape index (κ3) is 44.5. The largest absolute Gasteiger partial charge is 0.462 e. The van der Waals surface area contributed by atoms with Crippen molar-refractivity contribution < 1.29 is 28.6 Å².